The van der Waals surface area contributed by atoms with Crippen LogP contribution in [0.4, 0.5) is 5.69 Å². The van der Waals surface area contributed by atoms with Crippen molar-refractivity contribution in [2.24, 2.45) is 0 Å². The summed E-state index contributed by atoms with van der Waals surface area (Å²) in [6.45, 7) is 0.679. The maximum absolute atomic E-state index is 11.9. The van der Waals surface area contributed by atoms with Gasteiger partial charge in [0, 0.05) is 12.2 Å². The molecule has 0 bridgehead atoms. The molecule has 0 saturated carbocycles. The summed E-state index contributed by atoms with van der Waals surface area (Å²) in [6.07, 6.45) is 1.55. The summed E-state index contributed by atoms with van der Waals surface area (Å²) in [4.78, 5) is 23.4. The van der Waals surface area contributed by atoms with Gasteiger partial charge in [-0.15, -0.1) is 12.4 Å². The Balaban J connectivity index is 0.00000162. The van der Waals surface area contributed by atoms with E-state index in [0.717, 1.165) is 6.42 Å². The molecule has 6 heteroatoms. The van der Waals surface area contributed by atoms with Crippen LogP contribution in [-0.2, 0) is 4.79 Å². The monoisotopic (exact) mass is 269 g/mol. The summed E-state index contributed by atoms with van der Waals surface area (Å²) in [6, 6.07) is 6.36. The van der Waals surface area contributed by atoms with Gasteiger partial charge in [0.2, 0.25) is 5.91 Å². The lowest BCUT2D eigenvalue weighted by Crippen LogP contribution is -2.50. The Hall–Kier alpha value is -1.75. The van der Waals surface area contributed by atoms with Crippen LogP contribution in [0.15, 0.2) is 24.3 Å². The first-order valence-electron chi connectivity index (χ1n) is 5.61. The normalized spacial score (nSPS) is 18.4. The Bertz CT molecular complexity index is 451. The third-order valence-corrected chi connectivity index (χ3v) is 2.80. The number of hydrogen-bond donors (Lipinski definition) is 3. The molecular formula is C12H16ClN3O2. The fourth-order valence-corrected chi connectivity index (χ4v) is 1.85. The number of nitrogen functional groups attached to an aromatic ring is 1. The number of hydrogen-bond acceptors (Lipinski definition) is 3. The maximum Gasteiger partial charge on any atom is 0.254 e. The number of piperidine rings is 1. The highest BCUT2D eigenvalue weighted by atomic mass is 35.5. The molecular weight excluding hydrogens is 254 g/mol. The zero-order valence-electron chi connectivity index (χ0n) is 9.81. The van der Waals surface area contributed by atoms with Crippen molar-refractivity contribution in [1.29, 1.82) is 0 Å². The number of para-hydroxylation sites is 1. The number of carbonyl (C=O) groups excluding carboxylic acids is 2. The Morgan fingerprint density at radius 2 is 2.11 bits per heavy atom. The van der Waals surface area contributed by atoms with Gasteiger partial charge >= 0.3 is 0 Å². The Labute approximate surface area is 112 Å². The van der Waals surface area contributed by atoms with E-state index in [-0.39, 0.29) is 24.2 Å². The summed E-state index contributed by atoms with van der Waals surface area (Å²) >= 11 is 0. The largest absolute Gasteiger partial charge is 0.398 e. The van der Waals surface area contributed by atoms with Gasteiger partial charge in [0.25, 0.3) is 5.91 Å². The van der Waals surface area contributed by atoms with Gasteiger partial charge in [0.1, 0.15) is 6.04 Å². The van der Waals surface area contributed by atoms with Crippen molar-refractivity contribution < 1.29 is 9.59 Å². The van der Waals surface area contributed by atoms with Crippen LogP contribution in [0.3, 0.4) is 0 Å². The first-order chi connectivity index (χ1) is 8.18. The summed E-state index contributed by atoms with van der Waals surface area (Å²) in [7, 11) is 0. The zero-order valence-corrected chi connectivity index (χ0v) is 10.6. The summed E-state index contributed by atoms with van der Waals surface area (Å²) in [5.74, 6) is -0.427. The van der Waals surface area contributed by atoms with E-state index < -0.39 is 6.04 Å². The third-order valence-electron chi connectivity index (χ3n) is 2.80. The lowest BCUT2D eigenvalue weighted by Gasteiger charge is -2.22. The van der Waals surface area contributed by atoms with Crippen molar-refractivity contribution in [2.45, 2.75) is 18.9 Å². The topological polar surface area (TPSA) is 84.2 Å². The predicted molar refractivity (Wildman–Crippen MR) is 71.6 cm³/mol. The molecule has 0 radical (unpaired) electrons. The van der Waals surface area contributed by atoms with Gasteiger partial charge in [-0.05, 0) is 25.0 Å². The molecule has 18 heavy (non-hydrogen) atoms. The molecule has 0 aromatic heterocycles. The smallest absolute Gasteiger partial charge is 0.254 e. The molecule has 1 saturated heterocycles. The van der Waals surface area contributed by atoms with Crippen molar-refractivity contribution in [3.05, 3.63) is 29.8 Å². The number of rotatable bonds is 2. The second-order valence-corrected chi connectivity index (χ2v) is 4.05. The number of nitrogens with one attached hydrogen (secondary N) is 2. The van der Waals surface area contributed by atoms with E-state index in [9.17, 15) is 9.59 Å². The highest BCUT2D eigenvalue weighted by Gasteiger charge is 2.24. The molecule has 2 rings (SSSR count). The second-order valence-electron chi connectivity index (χ2n) is 4.05. The number of nitrogens with two attached hydrogens (primary N) is 1. The van der Waals surface area contributed by atoms with E-state index in [1.54, 1.807) is 24.3 Å². The number of anilines is 1. The molecule has 1 aliphatic heterocycles. The minimum Gasteiger partial charge on any atom is -0.398 e. The van der Waals surface area contributed by atoms with E-state index >= 15 is 0 Å². The van der Waals surface area contributed by atoms with Crippen LogP contribution in [0.5, 0.6) is 0 Å². The van der Waals surface area contributed by atoms with Crippen LogP contribution in [-0.4, -0.2) is 24.4 Å². The van der Waals surface area contributed by atoms with Gasteiger partial charge in [-0.25, -0.2) is 0 Å². The van der Waals surface area contributed by atoms with Gasteiger partial charge in [-0.2, -0.15) is 0 Å². The van der Waals surface area contributed by atoms with E-state index in [2.05, 4.69) is 10.6 Å². The summed E-state index contributed by atoms with van der Waals surface area (Å²) < 4.78 is 0. The molecule has 1 aliphatic rings. The zero-order chi connectivity index (χ0) is 12.3. The quantitative estimate of drug-likeness (QED) is 0.691. The number of halogens is 1. The molecule has 1 aromatic rings. The molecule has 98 valence electrons. The minimum atomic E-state index is -0.448. The van der Waals surface area contributed by atoms with E-state index in [4.69, 9.17) is 5.73 Å². The van der Waals surface area contributed by atoms with Crippen LogP contribution in [0.25, 0.3) is 0 Å². The molecule has 0 spiro atoms. The number of benzene rings is 1. The van der Waals surface area contributed by atoms with Crippen LogP contribution in [0.2, 0.25) is 0 Å². The Morgan fingerprint density at radius 3 is 2.78 bits per heavy atom. The van der Waals surface area contributed by atoms with Crippen LogP contribution in [0.1, 0.15) is 23.2 Å². The van der Waals surface area contributed by atoms with E-state index in [1.807, 2.05) is 0 Å². The molecule has 2 amide bonds. The lowest BCUT2D eigenvalue weighted by atomic mass is 10.1. The van der Waals surface area contributed by atoms with Crippen LogP contribution < -0.4 is 16.4 Å². The Morgan fingerprint density at radius 1 is 1.39 bits per heavy atom. The molecule has 1 atom stereocenters. The van der Waals surface area contributed by atoms with Crippen molar-refractivity contribution in [2.75, 3.05) is 12.3 Å². The van der Waals surface area contributed by atoms with Gasteiger partial charge in [0.05, 0.1) is 5.56 Å². The molecule has 1 heterocycles. The predicted octanol–water partition coefficient (Wildman–Crippen LogP) is 0.699. The van der Waals surface area contributed by atoms with Gasteiger partial charge < -0.3 is 16.4 Å². The number of carbonyl (C=O) groups is 2. The Kier molecular flexibility index (Phi) is 4.97. The average molecular weight is 270 g/mol. The van der Waals surface area contributed by atoms with E-state index in [0.29, 0.717) is 24.2 Å². The molecule has 1 unspecified atom stereocenters. The van der Waals surface area contributed by atoms with Crippen molar-refractivity contribution in [1.82, 2.24) is 10.6 Å². The van der Waals surface area contributed by atoms with Gasteiger partial charge in [-0.1, -0.05) is 12.1 Å². The van der Waals surface area contributed by atoms with Crippen molar-refractivity contribution in [3.63, 3.8) is 0 Å². The molecule has 1 aromatic carbocycles. The SMILES string of the molecule is Cl.Nc1ccccc1C(=O)NC1CCCNC1=O. The second kappa shape index (κ2) is 6.26. The number of amides is 2. The molecule has 5 nitrogen and oxygen atoms in total. The summed E-state index contributed by atoms with van der Waals surface area (Å²) in [5.41, 5.74) is 6.53. The maximum atomic E-state index is 11.9. The summed E-state index contributed by atoms with van der Waals surface area (Å²) in [5, 5.41) is 5.41. The average Bonchev–Trinajstić information content (AvgIpc) is 2.32. The lowest BCUT2D eigenvalue weighted by molar-refractivity contribution is -0.124. The molecule has 1 fully saturated rings. The van der Waals surface area contributed by atoms with Gasteiger partial charge in [-0.3, -0.25) is 9.59 Å². The first kappa shape index (κ1) is 14.3. The molecule has 0 aliphatic carbocycles. The highest BCUT2D eigenvalue weighted by Crippen LogP contribution is 2.11. The van der Waals surface area contributed by atoms with Crippen LogP contribution in [0, 0.1) is 0 Å². The fourth-order valence-electron chi connectivity index (χ4n) is 1.85. The van der Waals surface area contributed by atoms with Crippen molar-refractivity contribution in [3.8, 4) is 0 Å². The van der Waals surface area contributed by atoms with E-state index in [1.165, 1.54) is 0 Å². The van der Waals surface area contributed by atoms with Crippen molar-refractivity contribution >= 4 is 29.9 Å². The third kappa shape index (κ3) is 3.13. The minimum absolute atomic E-state index is 0. The first-order valence-corrected chi connectivity index (χ1v) is 5.61. The van der Waals surface area contributed by atoms with Gasteiger partial charge in [0.15, 0.2) is 0 Å². The van der Waals surface area contributed by atoms with Crippen LogP contribution >= 0.6 is 12.4 Å². The fraction of sp³-hybridized carbons (Fsp3) is 0.333. The highest BCUT2D eigenvalue weighted by molar-refractivity contribution is 6.01. The standard InChI is InChI=1S/C12H15N3O2.ClH/c13-9-5-2-1-4-8(9)11(16)15-10-6-3-7-14-12(10)17;/h1-2,4-5,10H,3,6-7,13H2,(H,14,17)(H,15,16);1H. The molecule has 4 N–H and O–H groups in total.